The number of nitrogens with zero attached hydrogens (tertiary/aromatic N) is 2. The number of carbonyl (C=O) groups is 1. The van der Waals surface area contributed by atoms with Gasteiger partial charge in [0.15, 0.2) is 0 Å². The summed E-state index contributed by atoms with van der Waals surface area (Å²) in [7, 11) is 1.71. The number of piperazine rings is 1. The normalized spacial score (nSPS) is 15.8. The molecule has 21 heavy (non-hydrogen) atoms. The second-order valence-corrected chi connectivity index (χ2v) is 5.20. The minimum atomic E-state index is 0.143. The summed E-state index contributed by atoms with van der Waals surface area (Å²) in [6.07, 6.45) is 0.586. The molecule has 2 rings (SSSR count). The van der Waals surface area contributed by atoms with Crippen LogP contribution in [-0.2, 0) is 4.79 Å². The third-order valence-electron chi connectivity index (χ3n) is 3.83. The second kappa shape index (κ2) is 7.88. The first-order chi connectivity index (χ1) is 10.2. The lowest BCUT2D eigenvalue weighted by Crippen LogP contribution is -2.47. The lowest BCUT2D eigenvalue weighted by Gasteiger charge is -2.36. The maximum Gasteiger partial charge on any atom is 0.221 e. The fraction of sp³-hybridized carbons (Fsp3) is 0.562. The van der Waals surface area contributed by atoms with Gasteiger partial charge >= 0.3 is 0 Å². The van der Waals surface area contributed by atoms with Gasteiger partial charge in [0.05, 0.1) is 12.8 Å². The number of methoxy groups -OCH3 is 1. The zero-order chi connectivity index (χ0) is 15.1. The first-order valence-corrected chi connectivity index (χ1v) is 7.61. The predicted molar refractivity (Wildman–Crippen MR) is 84.9 cm³/mol. The van der Waals surface area contributed by atoms with E-state index in [1.807, 2.05) is 25.1 Å². The molecular weight excluding hydrogens is 266 g/mol. The van der Waals surface area contributed by atoms with E-state index < -0.39 is 0 Å². The molecule has 1 aliphatic rings. The minimum absolute atomic E-state index is 0.143. The molecule has 1 aliphatic heterocycles. The van der Waals surface area contributed by atoms with Gasteiger partial charge in [-0.2, -0.15) is 0 Å². The molecule has 0 unspecified atom stereocenters. The summed E-state index contributed by atoms with van der Waals surface area (Å²) in [5, 5.41) is 2.84. The van der Waals surface area contributed by atoms with Gasteiger partial charge in [-0.3, -0.25) is 9.69 Å². The molecule has 0 radical (unpaired) electrons. The number of hydrogen-bond acceptors (Lipinski definition) is 4. The fourth-order valence-electron chi connectivity index (χ4n) is 2.65. The number of rotatable bonds is 6. The first-order valence-electron chi connectivity index (χ1n) is 7.61. The van der Waals surface area contributed by atoms with Crippen LogP contribution in [0.5, 0.6) is 5.75 Å². The van der Waals surface area contributed by atoms with Crippen molar-refractivity contribution in [1.82, 2.24) is 10.2 Å². The molecule has 1 amide bonds. The standard InChI is InChI=1S/C16H25N3O2/c1-3-17-16(20)8-9-18-10-12-19(13-11-18)14-6-4-5-7-15(14)21-2/h4-7H,3,8-13H2,1-2H3,(H,17,20). The second-order valence-electron chi connectivity index (χ2n) is 5.20. The highest BCUT2D eigenvalue weighted by molar-refractivity contribution is 5.75. The van der Waals surface area contributed by atoms with Gasteiger partial charge in [0, 0.05) is 45.7 Å². The summed E-state index contributed by atoms with van der Waals surface area (Å²) in [4.78, 5) is 16.2. The van der Waals surface area contributed by atoms with Crippen LogP contribution in [0.1, 0.15) is 13.3 Å². The average molecular weight is 291 g/mol. The molecule has 1 aromatic carbocycles. The van der Waals surface area contributed by atoms with E-state index in [1.54, 1.807) is 7.11 Å². The number of hydrogen-bond donors (Lipinski definition) is 1. The maximum atomic E-state index is 11.5. The topological polar surface area (TPSA) is 44.8 Å². The molecule has 116 valence electrons. The molecule has 5 heteroatoms. The number of amides is 1. The molecule has 1 fully saturated rings. The largest absolute Gasteiger partial charge is 0.495 e. The molecule has 1 heterocycles. The quantitative estimate of drug-likeness (QED) is 0.859. The van der Waals surface area contributed by atoms with Crippen LogP contribution in [0.2, 0.25) is 0 Å². The molecule has 1 saturated heterocycles. The van der Waals surface area contributed by atoms with Gasteiger partial charge in [0.2, 0.25) is 5.91 Å². The Kier molecular flexibility index (Phi) is 5.87. The molecule has 1 aromatic rings. The molecule has 5 nitrogen and oxygen atoms in total. The molecule has 0 spiro atoms. The van der Waals surface area contributed by atoms with Crippen LogP contribution in [0.4, 0.5) is 5.69 Å². The highest BCUT2D eigenvalue weighted by Gasteiger charge is 2.19. The Morgan fingerprint density at radius 2 is 1.95 bits per heavy atom. The summed E-state index contributed by atoms with van der Waals surface area (Å²) >= 11 is 0. The van der Waals surface area contributed by atoms with Crippen molar-refractivity contribution < 1.29 is 9.53 Å². The number of anilines is 1. The van der Waals surface area contributed by atoms with Crippen LogP contribution < -0.4 is 15.0 Å². The summed E-state index contributed by atoms with van der Waals surface area (Å²) < 4.78 is 5.42. The molecule has 0 aromatic heterocycles. The third kappa shape index (κ3) is 4.36. The fourth-order valence-corrected chi connectivity index (χ4v) is 2.65. The molecule has 1 N–H and O–H groups in total. The van der Waals surface area contributed by atoms with Crippen LogP contribution >= 0.6 is 0 Å². The monoisotopic (exact) mass is 291 g/mol. The van der Waals surface area contributed by atoms with Crippen molar-refractivity contribution in [3.63, 3.8) is 0 Å². The van der Waals surface area contributed by atoms with Crippen molar-refractivity contribution in [2.45, 2.75) is 13.3 Å². The van der Waals surface area contributed by atoms with Crippen molar-refractivity contribution >= 4 is 11.6 Å². The van der Waals surface area contributed by atoms with Gasteiger partial charge in [-0.15, -0.1) is 0 Å². The highest BCUT2D eigenvalue weighted by atomic mass is 16.5. The number of nitrogens with one attached hydrogen (secondary N) is 1. The maximum absolute atomic E-state index is 11.5. The SMILES string of the molecule is CCNC(=O)CCN1CCN(c2ccccc2OC)CC1. The number of carbonyl (C=O) groups excluding carboxylic acids is 1. The van der Waals surface area contributed by atoms with Crippen LogP contribution in [0.25, 0.3) is 0 Å². The van der Waals surface area contributed by atoms with Gasteiger partial charge in [0.1, 0.15) is 5.75 Å². The van der Waals surface area contributed by atoms with Gasteiger partial charge in [-0.1, -0.05) is 12.1 Å². The minimum Gasteiger partial charge on any atom is -0.495 e. The van der Waals surface area contributed by atoms with E-state index in [4.69, 9.17) is 4.74 Å². The Balaban J connectivity index is 1.81. The zero-order valence-electron chi connectivity index (χ0n) is 13.0. The van der Waals surface area contributed by atoms with E-state index in [0.717, 1.165) is 44.2 Å². The van der Waals surface area contributed by atoms with Gasteiger partial charge in [-0.25, -0.2) is 0 Å². The van der Waals surface area contributed by atoms with E-state index in [9.17, 15) is 4.79 Å². The molecular formula is C16H25N3O2. The van der Waals surface area contributed by atoms with Crippen LogP contribution in [0.15, 0.2) is 24.3 Å². The molecule has 0 saturated carbocycles. The Hall–Kier alpha value is -1.75. The molecule has 0 aliphatic carbocycles. The average Bonchev–Trinajstić information content (AvgIpc) is 2.54. The van der Waals surface area contributed by atoms with Crippen molar-refractivity contribution in [2.24, 2.45) is 0 Å². The Labute approximate surface area is 126 Å². The summed E-state index contributed by atoms with van der Waals surface area (Å²) in [6, 6.07) is 8.13. The third-order valence-corrected chi connectivity index (χ3v) is 3.83. The zero-order valence-corrected chi connectivity index (χ0v) is 13.0. The van der Waals surface area contributed by atoms with E-state index >= 15 is 0 Å². The van der Waals surface area contributed by atoms with Gasteiger partial charge in [0.25, 0.3) is 0 Å². The van der Waals surface area contributed by atoms with Crippen LogP contribution in [0.3, 0.4) is 0 Å². The van der Waals surface area contributed by atoms with Crippen LogP contribution in [-0.4, -0.2) is 57.2 Å². The first kappa shape index (κ1) is 15.6. The lowest BCUT2D eigenvalue weighted by molar-refractivity contribution is -0.121. The van der Waals surface area contributed by atoms with Gasteiger partial charge < -0.3 is 15.0 Å². The molecule has 0 bridgehead atoms. The van der Waals surface area contributed by atoms with Crippen molar-refractivity contribution in [1.29, 1.82) is 0 Å². The Bertz CT molecular complexity index is 457. The van der Waals surface area contributed by atoms with Crippen molar-refractivity contribution in [2.75, 3.05) is 51.3 Å². The Morgan fingerprint density at radius 3 is 2.62 bits per heavy atom. The van der Waals surface area contributed by atoms with E-state index in [1.165, 1.54) is 0 Å². The van der Waals surface area contributed by atoms with E-state index in [2.05, 4.69) is 21.2 Å². The smallest absolute Gasteiger partial charge is 0.221 e. The van der Waals surface area contributed by atoms with E-state index in [0.29, 0.717) is 13.0 Å². The number of benzene rings is 1. The van der Waals surface area contributed by atoms with Gasteiger partial charge in [-0.05, 0) is 19.1 Å². The molecule has 0 atom stereocenters. The van der Waals surface area contributed by atoms with Crippen LogP contribution in [0, 0.1) is 0 Å². The Morgan fingerprint density at radius 1 is 1.24 bits per heavy atom. The van der Waals surface area contributed by atoms with Crippen molar-refractivity contribution in [3.05, 3.63) is 24.3 Å². The highest BCUT2D eigenvalue weighted by Crippen LogP contribution is 2.28. The number of para-hydroxylation sites is 2. The lowest BCUT2D eigenvalue weighted by atomic mass is 10.2. The number of ether oxygens (including phenoxy) is 1. The van der Waals surface area contributed by atoms with E-state index in [-0.39, 0.29) is 5.91 Å². The predicted octanol–water partition coefficient (Wildman–Crippen LogP) is 1.34. The summed E-state index contributed by atoms with van der Waals surface area (Å²) in [6.45, 7) is 7.40. The summed E-state index contributed by atoms with van der Waals surface area (Å²) in [5.74, 6) is 1.07. The summed E-state index contributed by atoms with van der Waals surface area (Å²) in [5.41, 5.74) is 1.16. The van der Waals surface area contributed by atoms with Crippen molar-refractivity contribution in [3.8, 4) is 5.75 Å².